The molecule has 0 amide bonds. The van der Waals surface area contributed by atoms with E-state index in [-0.39, 0.29) is 26.2 Å². The van der Waals surface area contributed by atoms with Gasteiger partial charge in [0.05, 0.1) is 19.9 Å². The highest BCUT2D eigenvalue weighted by Crippen LogP contribution is 2.35. The first-order valence-corrected chi connectivity index (χ1v) is 12.4. The highest BCUT2D eigenvalue weighted by Gasteiger charge is 2.38. The van der Waals surface area contributed by atoms with Gasteiger partial charge < -0.3 is 14.4 Å². The largest absolute Gasteiger partial charge is 0.493 e. The molecule has 0 saturated carbocycles. The predicted octanol–water partition coefficient (Wildman–Crippen LogP) is 4.03. The maximum Gasteiger partial charge on any atom is 0.249 e. The van der Waals surface area contributed by atoms with E-state index in [2.05, 4.69) is 4.98 Å². The van der Waals surface area contributed by atoms with E-state index in [0.717, 1.165) is 5.56 Å². The van der Waals surface area contributed by atoms with Gasteiger partial charge in [-0.15, -0.1) is 11.3 Å². The lowest BCUT2D eigenvalue weighted by Crippen LogP contribution is -2.49. The fourth-order valence-electron chi connectivity index (χ4n) is 3.60. The van der Waals surface area contributed by atoms with Crippen LogP contribution in [0.25, 0.3) is 11.3 Å². The second-order valence-corrected chi connectivity index (χ2v) is 10.1. The maximum absolute atomic E-state index is 14.1. The Kier molecular flexibility index (Phi) is 6.88. The molecule has 0 bridgehead atoms. The van der Waals surface area contributed by atoms with Crippen LogP contribution in [0.1, 0.15) is 0 Å². The molecule has 1 aliphatic rings. The summed E-state index contributed by atoms with van der Waals surface area (Å²) in [7, 11) is -1.95. The van der Waals surface area contributed by atoms with Gasteiger partial charge in [0.1, 0.15) is 0 Å². The molecule has 3 aromatic rings. The highest BCUT2D eigenvalue weighted by atomic mass is 32.2. The molecule has 7 nitrogen and oxygen atoms in total. The molecular weight excluding hydrogens is 517 g/mol. The predicted molar refractivity (Wildman–Crippen MR) is 118 cm³/mol. The number of aromatic nitrogens is 1. The summed E-state index contributed by atoms with van der Waals surface area (Å²) in [6.07, 6.45) is 0. The molecule has 0 radical (unpaired) electrons. The van der Waals surface area contributed by atoms with Crippen molar-refractivity contribution in [3.63, 3.8) is 0 Å². The number of thiazole rings is 1. The quantitative estimate of drug-likeness (QED) is 0.270. The van der Waals surface area contributed by atoms with E-state index in [0.29, 0.717) is 26.6 Å². The third-order valence-corrected chi connectivity index (χ3v) is 8.27. The Morgan fingerprint density at radius 2 is 1.43 bits per heavy atom. The molecule has 35 heavy (non-hydrogen) atoms. The van der Waals surface area contributed by atoms with Crippen LogP contribution in [0.5, 0.6) is 11.5 Å². The Labute approximate surface area is 201 Å². The fourth-order valence-corrected chi connectivity index (χ4v) is 6.02. The summed E-state index contributed by atoms with van der Waals surface area (Å²) in [5.41, 5.74) is 1.40. The van der Waals surface area contributed by atoms with Crippen molar-refractivity contribution in [3.05, 3.63) is 52.7 Å². The second kappa shape index (κ2) is 9.59. The first-order chi connectivity index (χ1) is 16.6. The van der Waals surface area contributed by atoms with Crippen LogP contribution >= 0.6 is 11.3 Å². The van der Waals surface area contributed by atoms with Crippen LogP contribution in [-0.4, -0.2) is 58.1 Å². The highest BCUT2D eigenvalue weighted by molar-refractivity contribution is 7.89. The van der Waals surface area contributed by atoms with Crippen molar-refractivity contribution < 1.29 is 39.8 Å². The molecule has 1 aliphatic heterocycles. The number of anilines is 1. The SMILES string of the molecule is COc1ccc(-c2csc(N3CCN(S(=O)(=O)c4c(F)c(F)c(F)c(F)c4F)CC3)n2)cc1OC. The molecule has 4 rings (SSSR count). The lowest BCUT2D eigenvalue weighted by Gasteiger charge is -2.33. The van der Waals surface area contributed by atoms with Crippen molar-refractivity contribution in [3.8, 4) is 22.8 Å². The van der Waals surface area contributed by atoms with Crippen molar-refractivity contribution in [1.82, 2.24) is 9.29 Å². The van der Waals surface area contributed by atoms with Crippen LogP contribution in [0.4, 0.5) is 27.1 Å². The first-order valence-electron chi connectivity index (χ1n) is 10.0. The molecule has 0 unspecified atom stereocenters. The number of rotatable bonds is 6. The molecule has 188 valence electrons. The summed E-state index contributed by atoms with van der Waals surface area (Å²) in [6, 6.07) is 5.29. The van der Waals surface area contributed by atoms with Crippen molar-refractivity contribution in [2.24, 2.45) is 0 Å². The molecular formula is C21H18F5N3O4S2. The number of sulfonamides is 1. The van der Waals surface area contributed by atoms with Crippen LogP contribution < -0.4 is 14.4 Å². The zero-order valence-corrected chi connectivity index (χ0v) is 20.0. The van der Waals surface area contributed by atoms with Gasteiger partial charge in [-0.25, -0.2) is 35.4 Å². The molecule has 0 atom stereocenters. The van der Waals surface area contributed by atoms with E-state index in [4.69, 9.17) is 9.47 Å². The summed E-state index contributed by atoms with van der Waals surface area (Å²) in [6.45, 7) is -0.304. The summed E-state index contributed by atoms with van der Waals surface area (Å²) in [4.78, 5) is 4.47. The van der Waals surface area contributed by atoms with Gasteiger partial charge in [-0.05, 0) is 18.2 Å². The Morgan fingerprint density at radius 1 is 0.857 bits per heavy atom. The molecule has 1 aromatic heterocycles. The van der Waals surface area contributed by atoms with Gasteiger partial charge in [0.25, 0.3) is 0 Å². The minimum absolute atomic E-state index is 0.0908. The monoisotopic (exact) mass is 535 g/mol. The first kappa shape index (κ1) is 25.1. The summed E-state index contributed by atoms with van der Waals surface area (Å²) in [5, 5.41) is 2.37. The van der Waals surface area contributed by atoms with Crippen LogP contribution in [0.15, 0.2) is 28.5 Å². The van der Waals surface area contributed by atoms with E-state index in [9.17, 15) is 30.4 Å². The van der Waals surface area contributed by atoms with Crippen molar-refractivity contribution in [1.29, 1.82) is 0 Å². The minimum atomic E-state index is -4.98. The van der Waals surface area contributed by atoms with E-state index in [1.165, 1.54) is 25.6 Å². The van der Waals surface area contributed by atoms with E-state index < -0.39 is 44.0 Å². The lowest BCUT2D eigenvalue weighted by atomic mass is 10.1. The second-order valence-electron chi connectivity index (χ2n) is 7.38. The Bertz CT molecular complexity index is 1350. The molecule has 0 aliphatic carbocycles. The number of piperazine rings is 1. The number of halogens is 5. The maximum atomic E-state index is 14.1. The number of methoxy groups -OCH3 is 2. The average Bonchev–Trinajstić information content (AvgIpc) is 3.36. The number of ether oxygens (including phenoxy) is 2. The smallest absolute Gasteiger partial charge is 0.249 e. The summed E-state index contributed by atoms with van der Waals surface area (Å²) >= 11 is 1.30. The molecule has 2 heterocycles. The third kappa shape index (κ3) is 4.41. The van der Waals surface area contributed by atoms with E-state index in [1.807, 2.05) is 0 Å². The Hall–Kier alpha value is -2.97. The average molecular weight is 536 g/mol. The number of benzene rings is 2. The molecule has 1 saturated heterocycles. The van der Waals surface area contributed by atoms with Gasteiger partial charge in [0.2, 0.25) is 15.8 Å². The van der Waals surface area contributed by atoms with Gasteiger partial charge in [0.15, 0.2) is 44.8 Å². The molecule has 2 aromatic carbocycles. The molecule has 0 N–H and O–H groups in total. The normalized spacial score (nSPS) is 14.9. The van der Waals surface area contributed by atoms with Crippen LogP contribution in [0, 0.1) is 29.1 Å². The van der Waals surface area contributed by atoms with E-state index >= 15 is 0 Å². The van der Waals surface area contributed by atoms with Gasteiger partial charge in [-0.1, -0.05) is 0 Å². The zero-order valence-electron chi connectivity index (χ0n) is 18.3. The molecule has 14 heteroatoms. The Balaban J connectivity index is 1.52. The number of hydrogen-bond donors (Lipinski definition) is 0. The standard InChI is InChI=1S/C21H18F5N3O4S2/c1-32-13-4-3-11(9-14(13)33-2)12-10-34-21(27-12)28-5-7-29(8-6-28)35(30,31)20-18(25)16(23)15(22)17(24)19(20)26/h3-4,9-10H,5-8H2,1-2H3. The zero-order chi connectivity index (χ0) is 25.5. The van der Waals surface area contributed by atoms with Crippen LogP contribution in [-0.2, 0) is 10.0 Å². The number of nitrogens with zero attached hydrogens (tertiary/aromatic N) is 3. The minimum Gasteiger partial charge on any atom is -0.493 e. The summed E-state index contributed by atoms with van der Waals surface area (Å²) in [5.74, 6) is -10.7. The summed E-state index contributed by atoms with van der Waals surface area (Å²) < 4.78 is 105. The fraction of sp³-hybridized carbons (Fsp3) is 0.286. The molecule has 0 spiro atoms. The van der Waals surface area contributed by atoms with Crippen molar-refractivity contribution >= 4 is 26.5 Å². The van der Waals surface area contributed by atoms with Crippen molar-refractivity contribution in [2.45, 2.75) is 4.90 Å². The topological polar surface area (TPSA) is 72.0 Å². The number of hydrogen-bond acceptors (Lipinski definition) is 7. The van der Waals surface area contributed by atoms with Gasteiger partial charge in [-0.2, -0.15) is 4.31 Å². The third-order valence-electron chi connectivity index (χ3n) is 5.45. The van der Waals surface area contributed by atoms with Crippen LogP contribution in [0.2, 0.25) is 0 Å². The Morgan fingerprint density at radius 3 is 2.00 bits per heavy atom. The van der Waals surface area contributed by atoms with Gasteiger partial charge in [0, 0.05) is 37.1 Å². The lowest BCUT2D eigenvalue weighted by molar-refractivity contribution is 0.344. The van der Waals surface area contributed by atoms with E-state index in [1.54, 1.807) is 28.5 Å². The van der Waals surface area contributed by atoms with Gasteiger partial charge >= 0.3 is 0 Å². The van der Waals surface area contributed by atoms with Crippen LogP contribution in [0.3, 0.4) is 0 Å². The molecule has 1 fully saturated rings. The van der Waals surface area contributed by atoms with Crippen molar-refractivity contribution in [2.75, 3.05) is 45.3 Å². The van der Waals surface area contributed by atoms with Gasteiger partial charge in [-0.3, -0.25) is 0 Å².